The largest absolute Gasteiger partial charge is 0.366 e. The van der Waals surface area contributed by atoms with Crippen LogP contribution in [0.2, 0.25) is 0 Å². The molecule has 3 aromatic rings. The van der Waals surface area contributed by atoms with Gasteiger partial charge in [-0.15, -0.1) is 11.3 Å². The van der Waals surface area contributed by atoms with E-state index in [1.54, 1.807) is 18.6 Å². The second kappa shape index (κ2) is 5.92. The number of rotatable bonds is 4. The Bertz CT molecular complexity index is 851. The third-order valence-corrected chi connectivity index (χ3v) is 4.49. The first-order valence-electron chi connectivity index (χ1n) is 7.23. The molecule has 23 heavy (non-hydrogen) atoms. The van der Waals surface area contributed by atoms with Crippen molar-refractivity contribution < 1.29 is 4.79 Å². The third-order valence-electron chi connectivity index (χ3n) is 3.62. The summed E-state index contributed by atoms with van der Waals surface area (Å²) in [5.74, 6) is -0.424. The van der Waals surface area contributed by atoms with Crippen molar-refractivity contribution in [2.45, 2.75) is 26.8 Å². The Morgan fingerprint density at radius 1 is 1.30 bits per heavy atom. The van der Waals surface area contributed by atoms with Crippen LogP contribution in [0, 0.1) is 6.92 Å². The highest BCUT2D eigenvalue weighted by atomic mass is 32.1. The van der Waals surface area contributed by atoms with Crippen molar-refractivity contribution in [2.24, 2.45) is 5.73 Å². The average Bonchev–Trinajstić information content (AvgIpc) is 3.12. The van der Waals surface area contributed by atoms with Crippen molar-refractivity contribution in [1.82, 2.24) is 19.5 Å². The standard InChI is InChI=1S/C16H17N5OS/c1-9(2)21-10(3)11(15(17)22)6-14(21)13-8-23-16(20-13)12-7-18-4-5-19-12/h4-9H,1-3H3,(H2,17,22). The predicted octanol–water partition coefficient (Wildman–Crippen LogP) is 3.06. The van der Waals surface area contributed by atoms with E-state index in [0.717, 1.165) is 27.8 Å². The quantitative estimate of drug-likeness (QED) is 0.798. The highest BCUT2D eigenvalue weighted by Crippen LogP contribution is 2.32. The van der Waals surface area contributed by atoms with Gasteiger partial charge in [-0.3, -0.25) is 14.8 Å². The molecule has 1 amide bonds. The number of hydrogen-bond acceptors (Lipinski definition) is 5. The van der Waals surface area contributed by atoms with Crippen LogP contribution >= 0.6 is 11.3 Å². The Hall–Kier alpha value is -2.54. The minimum absolute atomic E-state index is 0.194. The van der Waals surface area contributed by atoms with E-state index in [4.69, 9.17) is 5.73 Å². The molecule has 3 rings (SSSR count). The van der Waals surface area contributed by atoms with Gasteiger partial charge in [-0.2, -0.15) is 0 Å². The van der Waals surface area contributed by atoms with E-state index in [9.17, 15) is 4.79 Å². The lowest BCUT2D eigenvalue weighted by Crippen LogP contribution is -2.13. The molecule has 0 aromatic carbocycles. The number of carbonyl (C=O) groups excluding carboxylic acids is 1. The molecule has 0 saturated carbocycles. The topological polar surface area (TPSA) is 86.7 Å². The van der Waals surface area contributed by atoms with Crippen molar-refractivity contribution in [3.8, 4) is 22.1 Å². The summed E-state index contributed by atoms with van der Waals surface area (Å²) in [6.45, 7) is 6.04. The Labute approximate surface area is 138 Å². The molecule has 3 aromatic heterocycles. The van der Waals surface area contributed by atoms with Gasteiger partial charge in [0, 0.05) is 29.5 Å². The van der Waals surface area contributed by atoms with Gasteiger partial charge in [-0.1, -0.05) is 0 Å². The normalized spacial score (nSPS) is 11.1. The van der Waals surface area contributed by atoms with Gasteiger partial charge in [0.25, 0.3) is 5.91 Å². The molecule has 0 aliphatic heterocycles. The lowest BCUT2D eigenvalue weighted by atomic mass is 10.2. The third kappa shape index (κ3) is 2.75. The molecule has 0 fully saturated rings. The van der Waals surface area contributed by atoms with Crippen molar-refractivity contribution >= 4 is 17.2 Å². The summed E-state index contributed by atoms with van der Waals surface area (Å²) in [4.78, 5) is 24.6. The minimum atomic E-state index is -0.424. The molecule has 0 radical (unpaired) electrons. The Kier molecular flexibility index (Phi) is 3.96. The summed E-state index contributed by atoms with van der Waals surface area (Å²) in [6.07, 6.45) is 4.96. The molecule has 3 heterocycles. The summed E-state index contributed by atoms with van der Waals surface area (Å²) in [5, 5.41) is 2.76. The SMILES string of the molecule is Cc1c(C(N)=O)cc(-c2csc(-c3cnccn3)n2)n1C(C)C. The zero-order chi connectivity index (χ0) is 16.6. The zero-order valence-electron chi connectivity index (χ0n) is 13.1. The fourth-order valence-corrected chi connectivity index (χ4v) is 3.43. The Balaban J connectivity index is 2.11. The van der Waals surface area contributed by atoms with Crippen LogP contribution in [-0.4, -0.2) is 25.4 Å². The molecular formula is C16H17N5OS. The number of primary amides is 1. The van der Waals surface area contributed by atoms with Gasteiger partial charge in [0.05, 0.1) is 23.1 Å². The van der Waals surface area contributed by atoms with E-state index in [1.165, 1.54) is 11.3 Å². The van der Waals surface area contributed by atoms with Gasteiger partial charge in [0.1, 0.15) is 10.7 Å². The Morgan fingerprint density at radius 2 is 2.09 bits per heavy atom. The molecule has 0 aliphatic carbocycles. The molecule has 7 heteroatoms. The molecule has 118 valence electrons. The van der Waals surface area contributed by atoms with Crippen molar-refractivity contribution in [1.29, 1.82) is 0 Å². The van der Waals surface area contributed by atoms with Gasteiger partial charge in [0.2, 0.25) is 0 Å². The summed E-state index contributed by atoms with van der Waals surface area (Å²) < 4.78 is 2.08. The van der Waals surface area contributed by atoms with E-state index >= 15 is 0 Å². The minimum Gasteiger partial charge on any atom is -0.366 e. The maximum atomic E-state index is 11.6. The van der Waals surface area contributed by atoms with Crippen LogP contribution in [0.25, 0.3) is 22.1 Å². The number of carbonyl (C=O) groups is 1. The lowest BCUT2D eigenvalue weighted by Gasteiger charge is -2.14. The first-order valence-corrected chi connectivity index (χ1v) is 8.11. The number of nitrogens with two attached hydrogens (primary N) is 1. The zero-order valence-corrected chi connectivity index (χ0v) is 14.0. The van der Waals surface area contributed by atoms with Gasteiger partial charge < -0.3 is 10.3 Å². The number of aromatic nitrogens is 4. The highest BCUT2D eigenvalue weighted by Gasteiger charge is 2.20. The van der Waals surface area contributed by atoms with Crippen molar-refractivity contribution in [2.75, 3.05) is 0 Å². The molecule has 0 saturated heterocycles. The Morgan fingerprint density at radius 3 is 2.70 bits per heavy atom. The molecule has 0 unspecified atom stereocenters. The summed E-state index contributed by atoms with van der Waals surface area (Å²) in [5.41, 5.74) is 9.30. The van der Waals surface area contributed by atoms with Crippen LogP contribution in [0.15, 0.2) is 30.0 Å². The van der Waals surface area contributed by atoms with Gasteiger partial charge in [-0.05, 0) is 26.8 Å². The van der Waals surface area contributed by atoms with Crippen LogP contribution in [0.5, 0.6) is 0 Å². The monoisotopic (exact) mass is 327 g/mol. The molecule has 0 aliphatic rings. The van der Waals surface area contributed by atoms with Crippen LogP contribution < -0.4 is 5.73 Å². The lowest BCUT2D eigenvalue weighted by molar-refractivity contribution is 0.0999. The van der Waals surface area contributed by atoms with E-state index in [1.807, 2.05) is 18.4 Å². The van der Waals surface area contributed by atoms with Gasteiger partial charge in [-0.25, -0.2) is 4.98 Å². The fraction of sp³-hybridized carbons (Fsp3) is 0.250. The van der Waals surface area contributed by atoms with Crippen molar-refractivity contribution in [3.63, 3.8) is 0 Å². The second-order valence-electron chi connectivity index (χ2n) is 5.49. The maximum Gasteiger partial charge on any atom is 0.250 e. The maximum absolute atomic E-state index is 11.6. The van der Waals surface area contributed by atoms with E-state index in [0.29, 0.717) is 5.56 Å². The first kappa shape index (κ1) is 15.4. The number of nitrogens with zero attached hydrogens (tertiary/aromatic N) is 4. The molecule has 6 nitrogen and oxygen atoms in total. The second-order valence-corrected chi connectivity index (χ2v) is 6.34. The van der Waals surface area contributed by atoms with E-state index < -0.39 is 5.91 Å². The first-order chi connectivity index (χ1) is 11.0. The number of thiazole rings is 1. The van der Waals surface area contributed by atoms with Crippen LogP contribution in [0.1, 0.15) is 35.9 Å². The molecular weight excluding hydrogens is 310 g/mol. The van der Waals surface area contributed by atoms with Crippen LogP contribution in [-0.2, 0) is 0 Å². The smallest absolute Gasteiger partial charge is 0.250 e. The number of amides is 1. The fourth-order valence-electron chi connectivity index (χ4n) is 2.65. The average molecular weight is 327 g/mol. The summed E-state index contributed by atoms with van der Waals surface area (Å²) in [6, 6.07) is 2.01. The molecule has 0 atom stereocenters. The molecule has 0 bridgehead atoms. The van der Waals surface area contributed by atoms with Crippen LogP contribution in [0.4, 0.5) is 0 Å². The predicted molar refractivity (Wildman–Crippen MR) is 90.2 cm³/mol. The van der Waals surface area contributed by atoms with Gasteiger partial charge in [0.15, 0.2) is 0 Å². The van der Waals surface area contributed by atoms with E-state index in [2.05, 4.69) is 33.4 Å². The van der Waals surface area contributed by atoms with Crippen LogP contribution in [0.3, 0.4) is 0 Å². The van der Waals surface area contributed by atoms with E-state index in [-0.39, 0.29) is 6.04 Å². The summed E-state index contributed by atoms with van der Waals surface area (Å²) in [7, 11) is 0. The van der Waals surface area contributed by atoms with Crippen molar-refractivity contribution in [3.05, 3.63) is 41.3 Å². The molecule has 0 spiro atoms. The number of hydrogen-bond donors (Lipinski definition) is 1. The van der Waals surface area contributed by atoms with Gasteiger partial charge >= 0.3 is 0 Å². The molecule has 2 N–H and O–H groups in total. The summed E-state index contributed by atoms with van der Waals surface area (Å²) >= 11 is 1.50. The highest BCUT2D eigenvalue weighted by molar-refractivity contribution is 7.13.